The third kappa shape index (κ3) is 3.82. The van der Waals surface area contributed by atoms with Crippen LogP contribution in [0.4, 0.5) is 5.95 Å². The maximum absolute atomic E-state index is 11.9. The SMILES string of the molecule is Cc1nc(NC2CCCCC2)nc(C2CCCCC2)c1C(N)=O. The molecule has 0 unspecified atom stereocenters. The van der Waals surface area contributed by atoms with Crippen LogP contribution in [0.15, 0.2) is 0 Å². The Hall–Kier alpha value is -1.65. The number of hydrogen-bond acceptors (Lipinski definition) is 4. The number of nitrogens with zero attached hydrogens (tertiary/aromatic N) is 2. The molecule has 5 nitrogen and oxygen atoms in total. The first-order valence-corrected chi connectivity index (χ1v) is 9.10. The van der Waals surface area contributed by atoms with Crippen LogP contribution in [0.5, 0.6) is 0 Å². The highest BCUT2D eigenvalue weighted by atomic mass is 16.1. The van der Waals surface area contributed by atoms with Gasteiger partial charge in [0.1, 0.15) is 0 Å². The lowest BCUT2D eigenvalue weighted by Gasteiger charge is -2.26. The zero-order valence-corrected chi connectivity index (χ0v) is 14.1. The molecule has 5 heteroatoms. The minimum Gasteiger partial charge on any atom is -0.365 e. The monoisotopic (exact) mass is 316 g/mol. The zero-order valence-electron chi connectivity index (χ0n) is 14.1. The predicted octanol–water partition coefficient (Wildman–Crippen LogP) is 3.68. The second-order valence-corrected chi connectivity index (χ2v) is 7.07. The molecule has 2 aliphatic carbocycles. The van der Waals surface area contributed by atoms with Crippen molar-refractivity contribution in [3.8, 4) is 0 Å². The molecule has 1 amide bonds. The molecule has 3 N–H and O–H groups in total. The van der Waals surface area contributed by atoms with E-state index in [1.54, 1.807) is 0 Å². The van der Waals surface area contributed by atoms with Crippen LogP contribution in [0.3, 0.4) is 0 Å². The van der Waals surface area contributed by atoms with Crippen molar-refractivity contribution >= 4 is 11.9 Å². The molecule has 0 radical (unpaired) electrons. The highest BCUT2D eigenvalue weighted by molar-refractivity contribution is 5.95. The van der Waals surface area contributed by atoms with Crippen LogP contribution in [-0.4, -0.2) is 21.9 Å². The number of rotatable bonds is 4. The Bertz CT molecular complexity index is 560. The summed E-state index contributed by atoms with van der Waals surface area (Å²) in [4.78, 5) is 21.2. The van der Waals surface area contributed by atoms with Gasteiger partial charge in [0, 0.05) is 12.0 Å². The Morgan fingerprint density at radius 2 is 1.61 bits per heavy atom. The van der Waals surface area contributed by atoms with Gasteiger partial charge in [-0.2, -0.15) is 0 Å². The van der Waals surface area contributed by atoms with Gasteiger partial charge in [0.25, 0.3) is 5.91 Å². The van der Waals surface area contributed by atoms with E-state index < -0.39 is 5.91 Å². The highest BCUT2D eigenvalue weighted by Gasteiger charge is 2.25. The molecule has 0 atom stereocenters. The van der Waals surface area contributed by atoms with Crippen LogP contribution >= 0.6 is 0 Å². The summed E-state index contributed by atoms with van der Waals surface area (Å²) >= 11 is 0. The number of hydrogen-bond donors (Lipinski definition) is 2. The maximum atomic E-state index is 11.9. The second-order valence-electron chi connectivity index (χ2n) is 7.07. The smallest absolute Gasteiger partial charge is 0.252 e. The predicted molar refractivity (Wildman–Crippen MR) is 91.6 cm³/mol. The molecule has 1 aromatic heterocycles. The fourth-order valence-electron chi connectivity index (χ4n) is 4.07. The molecule has 2 aliphatic rings. The van der Waals surface area contributed by atoms with Crippen LogP contribution in [0, 0.1) is 6.92 Å². The largest absolute Gasteiger partial charge is 0.365 e. The van der Waals surface area contributed by atoms with E-state index in [0.29, 0.717) is 29.2 Å². The summed E-state index contributed by atoms with van der Waals surface area (Å²) in [5.74, 6) is 0.632. The first-order chi connectivity index (χ1) is 11.1. The van der Waals surface area contributed by atoms with Gasteiger partial charge in [-0.1, -0.05) is 38.5 Å². The van der Waals surface area contributed by atoms with Crippen molar-refractivity contribution in [2.45, 2.75) is 83.1 Å². The van der Waals surface area contributed by atoms with E-state index in [1.165, 1.54) is 51.4 Å². The first kappa shape index (κ1) is 16.2. The van der Waals surface area contributed by atoms with Crippen molar-refractivity contribution in [3.05, 3.63) is 17.0 Å². The molecule has 2 saturated carbocycles. The topological polar surface area (TPSA) is 80.9 Å². The minimum absolute atomic E-state index is 0.347. The van der Waals surface area contributed by atoms with Gasteiger partial charge >= 0.3 is 0 Å². The average Bonchev–Trinajstić information content (AvgIpc) is 2.55. The number of anilines is 1. The molecule has 1 aromatic rings. The molecule has 0 aliphatic heterocycles. The van der Waals surface area contributed by atoms with Crippen molar-refractivity contribution in [2.24, 2.45) is 5.73 Å². The number of nitrogens with one attached hydrogen (secondary N) is 1. The number of carbonyl (C=O) groups is 1. The molecule has 126 valence electrons. The van der Waals surface area contributed by atoms with Gasteiger partial charge in [0.15, 0.2) is 0 Å². The van der Waals surface area contributed by atoms with Crippen LogP contribution in [0.2, 0.25) is 0 Å². The quantitative estimate of drug-likeness (QED) is 0.888. The summed E-state index contributed by atoms with van der Waals surface area (Å²) in [6.07, 6.45) is 12.1. The maximum Gasteiger partial charge on any atom is 0.252 e. The number of aromatic nitrogens is 2. The molecule has 0 bridgehead atoms. The summed E-state index contributed by atoms with van der Waals surface area (Å²) in [7, 11) is 0. The Kier molecular flexibility index (Phi) is 5.13. The van der Waals surface area contributed by atoms with Crippen molar-refractivity contribution in [1.29, 1.82) is 0 Å². The van der Waals surface area contributed by atoms with Gasteiger partial charge in [-0.15, -0.1) is 0 Å². The van der Waals surface area contributed by atoms with Crippen LogP contribution in [0.25, 0.3) is 0 Å². The molecule has 3 rings (SSSR count). The fourth-order valence-corrected chi connectivity index (χ4v) is 4.07. The fraction of sp³-hybridized carbons (Fsp3) is 0.722. The lowest BCUT2D eigenvalue weighted by Crippen LogP contribution is -2.26. The highest BCUT2D eigenvalue weighted by Crippen LogP contribution is 2.34. The van der Waals surface area contributed by atoms with E-state index >= 15 is 0 Å². The Labute approximate surface area is 138 Å². The van der Waals surface area contributed by atoms with Crippen LogP contribution < -0.4 is 11.1 Å². The second kappa shape index (κ2) is 7.28. The van der Waals surface area contributed by atoms with Gasteiger partial charge < -0.3 is 11.1 Å². The molecule has 2 fully saturated rings. The first-order valence-electron chi connectivity index (χ1n) is 9.10. The van der Waals surface area contributed by atoms with Gasteiger partial charge in [0.05, 0.1) is 17.0 Å². The van der Waals surface area contributed by atoms with E-state index in [2.05, 4.69) is 10.3 Å². The van der Waals surface area contributed by atoms with Gasteiger partial charge in [-0.3, -0.25) is 4.79 Å². The number of carbonyl (C=O) groups excluding carboxylic acids is 1. The Morgan fingerprint density at radius 1 is 1.00 bits per heavy atom. The molecular formula is C18H28N4O. The molecule has 0 saturated heterocycles. The average molecular weight is 316 g/mol. The van der Waals surface area contributed by atoms with E-state index in [-0.39, 0.29) is 0 Å². The van der Waals surface area contributed by atoms with Crippen LogP contribution in [-0.2, 0) is 0 Å². The normalized spacial score (nSPS) is 20.4. The van der Waals surface area contributed by atoms with E-state index in [0.717, 1.165) is 18.5 Å². The van der Waals surface area contributed by atoms with E-state index in [9.17, 15) is 4.79 Å². The lowest BCUT2D eigenvalue weighted by atomic mass is 9.84. The summed E-state index contributed by atoms with van der Waals surface area (Å²) in [6.45, 7) is 1.88. The van der Waals surface area contributed by atoms with Crippen molar-refractivity contribution in [2.75, 3.05) is 5.32 Å². The molecular weight excluding hydrogens is 288 g/mol. The number of primary amides is 1. The molecule has 0 aromatic carbocycles. The molecule has 0 spiro atoms. The minimum atomic E-state index is -0.396. The summed E-state index contributed by atoms with van der Waals surface area (Å²) in [5.41, 5.74) is 7.76. The third-order valence-electron chi connectivity index (χ3n) is 5.29. The molecule has 23 heavy (non-hydrogen) atoms. The summed E-state index contributed by atoms with van der Waals surface area (Å²) in [5, 5.41) is 3.49. The van der Waals surface area contributed by atoms with Gasteiger partial charge in [0.2, 0.25) is 5.95 Å². The van der Waals surface area contributed by atoms with Crippen molar-refractivity contribution < 1.29 is 4.79 Å². The van der Waals surface area contributed by atoms with Gasteiger partial charge in [-0.25, -0.2) is 9.97 Å². The number of amides is 1. The van der Waals surface area contributed by atoms with Crippen molar-refractivity contribution in [3.63, 3.8) is 0 Å². The van der Waals surface area contributed by atoms with E-state index in [4.69, 9.17) is 10.7 Å². The summed E-state index contributed by atoms with van der Waals surface area (Å²) in [6, 6.07) is 0.460. The van der Waals surface area contributed by atoms with Gasteiger partial charge in [-0.05, 0) is 32.6 Å². The lowest BCUT2D eigenvalue weighted by molar-refractivity contribution is 0.0997. The van der Waals surface area contributed by atoms with Crippen molar-refractivity contribution in [1.82, 2.24) is 9.97 Å². The molecule has 1 heterocycles. The van der Waals surface area contributed by atoms with E-state index in [1.807, 2.05) is 6.92 Å². The standard InChI is InChI=1S/C18H28N4O/c1-12-15(17(19)23)16(13-8-4-2-5-9-13)22-18(20-12)21-14-10-6-3-7-11-14/h13-14H,2-11H2,1H3,(H2,19,23)(H,20,21,22). The summed E-state index contributed by atoms with van der Waals surface area (Å²) < 4.78 is 0. The number of nitrogens with two attached hydrogens (primary N) is 1. The third-order valence-corrected chi connectivity index (χ3v) is 5.29. The number of aryl methyl sites for hydroxylation is 1. The Morgan fingerprint density at radius 3 is 2.22 bits per heavy atom. The zero-order chi connectivity index (χ0) is 16.2. The Balaban J connectivity index is 1.88. The van der Waals surface area contributed by atoms with Crippen LogP contribution in [0.1, 0.15) is 91.9 Å².